The molecule has 2 rings (SSSR count). The Balaban J connectivity index is 2.18. The maximum Gasteiger partial charge on any atom is 0.254 e. The molecule has 5 heteroatoms. The van der Waals surface area contributed by atoms with Crippen molar-refractivity contribution < 1.29 is 9.90 Å². The molecule has 1 saturated heterocycles. The second-order valence-corrected chi connectivity index (χ2v) is 5.90. The number of aromatic nitrogens is 1. The molecule has 1 aromatic heterocycles. The maximum absolute atomic E-state index is 12.5. The summed E-state index contributed by atoms with van der Waals surface area (Å²) >= 11 is 0. The summed E-state index contributed by atoms with van der Waals surface area (Å²) in [6.45, 7) is 7.12. The summed E-state index contributed by atoms with van der Waals surface area (Å²) in [5, 5.41) is 9.62. The van der Waals surface area contributed by atoms with E-state index >= 15 is 0 Å². The van der Waals surface area contributed by atoms with Gasteiger partial charge in [0.2, 0.25) is 0 Å². The molecule has 0 aromatic carbocycles. The third-order valence-electron chi connectivity index (χ3n) is 3.90. The lowest BCUT2D eigenvalue weighted by Crippen LogP contribution is -2.30. The highest BCUT2D eigenvalue weighted by Gasteiger charge is 2.29. The third-order valence-corrected chi connectivity index (χ3v) is 3.90. The molecule has 1 aliphatic heterocycles. The highest BCUT2D eigenvalue weighted by Crippen LogP contribution is 2.23. The summed E-state index contributed by atoms with van der Waals surface area (Å²) in [7, 11) is 0. The number of likely N-dealkylation sites (tertiary alicyclic amines) is 1. The van der Waals surface area contributed by atoms with Gasteiger partial charge in [-0.2, -0.15) is 0 Å². The molecule has 1 amide bonds. The van der Waals surface area contributed by atoms with E-state index in [1.807, 2.05) is 19.9 Å². The first-order valence-corrected chi connectivity index (χ1v) is 7.13. The van der Waals surface area contributed by atoms with Crippen molar-refractivity contribution in [3.05, 3.63) is 23.4 Å². The normalized spacial score (nSPS) is 20.4. The SMILES string of the molecule is CC(C)c1cc(C(=O)N2CCC(C(C)O)C2)cc(N)n1. The Morgan fingerprint density at radius 2 is 2.15 bits per heavy atom. The van der Waals surface area contributed by atoms with Gasteiger partial charge in [0.15, 0.2) is 0 Å². The fraction of sp³-hybridized carbons (Fsp3) is 0.600. The number of nitrogens with two attached hydrogens (primary N) is 1. The van der Waals surface area contributed by atoms with E-state index in [1.54, 1.807) is 17.9 Å². The van der Waals surface area contributed by atoms with Crippen LogP contribution in [0.1, 0.15) is 49.2 Å². The van der Waals surface area contributed by atoms with Gasteiger partial charge < -0.3 is 15.7 Å². The summed E-state index contributed by atoms with van der Waals surface area (Å²) in [6.07, 6.45) is 0.475. The zero-order valence-corrected chi connectivity index (χ0v) is 12.3. The van der Waals surface area contributed by atoms with E-state index in [9.17, 15) is 9.90 Å². The minimum absolute atomic E-state index is 0.0239. The van der Waals surface area contributed by atoms with Crippen LogP contribution in [0, 0.1) is 5.92 Å². The number of carbonyl (C=O) groups excluding carboxylic acids is 1. The van der Waals surface area contributed by atoms with E-state index < -0.39 is 0 Å². The fourth-order valence-electron chi connectivity index (χ4n) is 2.54. The van der Waals surface area contributed by atoms with Gasteiger partial charge >= 0.3 is 0 Å². The summed E-state index contributed by atoms with van der Waals surface area (Å²) in [4.78, 5) is 18.5. The van der Waals surface area contributed by atoms with Crippen molar-refractivity contribution in [2.24, 2.45) is 5.92 Å². The largest absolute Gasteiger partial charge is 0.393 e. The lowest BCUT2D eigenvalue weighted by Gasteiger charge is -2.18. The molecule has 2 atom stereocenters. The minimum Gasteiger partial charge on any atom is -0.393 e. The molecule has 3 N–H and O–H groups in total. The molecule has 0 bridgehead atoms. The zero-order valence-electron chi connectivity index (χ0n) is 12.3. The molecule has 2 heterocycles. The molecule has 0 spiro atoms. The Bertz CT molecular complexity index is 500. The van der Waals surface area contributed by atoms with E-state index in [-0.39, 0.29) is 23.8 Å². The van der Waals surface area contributed by atoms with Crippen molar-refractivity contribution in [1.82, 2.24) is 9.88 Å². The molecule has 0 aliphatic carbocycles. The van der Waals surface area contributed by atoms with Crippen LogP contribution in [0.25, 0.3) is 0 Å². The molecule has 1 aliphatic rings. The Kier molecular flexibility index (Phi) is 4.28. The van der Waals surface area contributed by atoms with Crippen LogP contribution >= 0.6 is 0 Å². The van der Waals surface area contributed by atoms with Crippen LogP contribution in [0.15, 0.2) is 12.1 Å². The predicted octanol–water partition coefficient (Wildman–Crippen LogP) is 1.63. The van der Waals surface area contributed by atoms with E-state index in [1.165, 1.54) is 0 Å². The first-order valence-electron chi connectivity index (χ1n) is 7.13. The first kappa shape index (κ1) is 14.8. The standard InChI is InChI=1S/C15H23N3O2/c1-9(2)13-6-12(7-14(16)17-13)15(20)18-5-4-11(8-18)10(3)19/h6-7,9-11,19H,4-5,8H2,1-3H3,(H2,16,17). The second-order valence-electron chi connectivity index (χ2n) is 5.90. The number of hydrogen-bond acceptors (Lipinski definition) is 4. The lowest BCUT2D eigenvalue weighted by atomic mass is 10.0. The lowest BCUT2D eigenvalue weighted by molar-refractivity contribution is 0.0762. The number of aliphatic hydroxyl groups is 1. The molecule has 5 nitrogen and oxygen atoms in total. The molecule has 20 heavy (non-hydrogen) atoms. The predicted molar refractivity (Wildman–Crippen MR) is 78.4 cm³/mol. The van der Waals surface area contributed by atoms with Crippen molar-refractivity contribution in [3.63, 3.8) is 0 Å². The van der Waals surface area contributed by atoms with Gasteiger partial charge in [0.1, 0.15) is 5.82 Å². The average Bonchev–Trinajstić information content (AvgIpc) is 2.86. The third kappa shape index (κ3) is 3.10. The van der Waals surface area contributed by atoms with E-state index in [0.717, 1.165) is 12.1 Å². The molecule has 2 unspecified atom stereocenters. The van der Waals surface area contributed by atoms with Gasteiger partial charge in [-0.05, 0) is 31.4 Å². The van der Waals surface area contributed by atoms with Crippen molar-refractivity contribution in [2.75, 3.05) is 18.8 Å². The first-order chi connectivity index (χ1) is 9.38. The van der Waals surface area contributed by atoms with Crippen LogP contribution in [-0.2, 0) is 0 Å². The van der Waals surface area contributed by atoms with Crippen molar-refractivity contribution in [2.45, 2.75) is 39.2 Å². The summed E-state index contributed by atoms with van der Waals surface area (Å²) in [5.41, 5.74) is 7.21. The molecular formula is C15H23N3O2. The molecule has 1 aromatic rings. The van der Waals surface area contributed by atoms with Gasteiger partial charge in [0.25, 0.3) is 5.91 Å². The topological polar surface area (TPSA) is 79.5 Å². The molecule has 0 radical (unpaired) electrons. The summed E-state index contributed by atoms with van der Waals surface area (Å²) in [5.74, 6) is 0.756. The summed E-state index contributed by atoms with van der Waals surface area (Å²) < 4.78 is 0. The van der Waals surface area contributed by atoms with Crippen LogP contribution in [-0.4, -0.2) is 40.1 Å². The number of amides is 1. The van der Waals surface area contributed by atoms with Gasteiger partial charge in [0.05, 0.1) is 6.10 Å². The van der Waals surface area contributed by atoms with Gasteiger partial charge in [-0.1, -0.05) is 13.8 Å². The Hall–Kier alpha value is -1.62. The second kappa shape index (κ2) is 5.79. The number of nitrogens with zero attached hydrogens (tertiary/aromatic N) is 2. The highest BCUT2D eigenvalue weighted by atomic mass is 16.3. The number of pyridine rings is 1. The quantitative estimate of drug-likeness (QED) is 0.880. The number of rotatable bonds is 3. The molecular weight excluding hydrogens is 254 g/mol. The highest BCUT2D eigenvalue weighted by molar-refractivity contribution is 5.95. The van der Waals surface area contributed by atoms with Crippen molar-refractivity contribution in [3.8, 4) is 0 Å². The molecule has 110 valence electrons. The van der Waals surface area contributed by atoms with Crippen LogP contribution in [0.4, 0.5) is 5.82 Å². The smallest absolute Gasteiger partial charge is 0.254 e. The number of carbonyl (C=O) groups is 1. The van der Waals surface area contributed by atoms with E-state index in [0.29, 0.717) is 24.5 Å². The minimum atomic E-state index is -0.374. The number of aliphatic hydroxyl groups excluding tert-OH is 1. The van der Waals surface area contributed by atoms with Crippen LogP contribution in [0.3, 0.4) is 0 Å². The van der Waals surface area contributed by atoms with Crippen molar-refractivity contribution >= 4 is 11.7 Å². The average molecular weight is 277 g/mol. The Morgan fingerprint density at radius 3 is 2.70 bits per heavy atom. The molecule has 0 saturated carbocycles. The maximum atomic E-state index is 12.5. The van der Waals surface area contributed by atoms with Gasteiger partial charge in [0, 0.05) is 30.3 Å². The van der Waals surface area contributed by atoms with Crippen LogP contribution in [0.5, 0.6) is 0 Å². The van der Waals surface area contributed by atoms with E-state index in [4.69, 9.17) is 5.73 Å². The van der Waals surface area contributed by atoms with Gasteiger partial charge in [-0.3, -0.25) is 4.79 Å². The van der Waals surface area contributed by atoms with Gasteiger partial charge in [-0.15, -0.1) is 0 Å². The van der Waals surface area contributed by atoms with Crippen molar-refractivity contribution in [1.29, 1.82) is 0 Å². The fourth-order valence-corrected chi connectivity index (χ4v) is 2.54. The molecule has 1 fully saturated rings. The monoisotopic (exact) mass is 277 g/mol. The summed E-state index contributed by atoms with van der Waals surface area (Å²) in [6, 6.07) is 3.45. The number of anilines is 1. The van der Waals surface area contributed by atoms with E-state index in [2.05, 4.69) is 4.98 Å². The number of nitrogen functional groups attached to an aromatic ring is 1. The Labute approximate surface area is 119 Å². The zero-order chi connectivity index (χ0) is 14.9. The number of hydrogen-bond donors (Lipinski definition) is 2. The van der Waals surface area contributed by atoms with Crippen LogP contribution in [0.2, 0.25) is 0 Å². The Morgan fingerprint density at radius 1 is 1.45 bits per heavy atom. The van der Waals surface area contributed by atoms with Gasteiger partial charge in [-0.25, -0.2) is 4.98 Å². The van der Waals surface area contributed by atoms with Crippen LogP contribution < -0.4 is 5.73 Å².